The van der Waals surface area contributed by atoms with Crippen molar-refractivity contribution in [1.29, 1.82) is 0 Å². The van der Waals surface area contributed by atoms with Crippen LogP contribution in [0.25, 0.3) is 0 Å². The lowest BCUT2D eigenvalue weighted by atomic mass is 9.77. The molecule has 0 aromatic carbocycles. The maximum absolute atomic E-state index is 14.6. The number of rotatable bonds is 14. The van der Waals surface area contributed by atoms with Crippen LogP contribution in [0.3, 0.4) is 0 Å². The molecular formula is C46H83N3O15. The summed E-state index contributed by atoms with van der Waals surface area (Å²) >= 11 is 0. The summed E-state index contributed by atoms with van der Waals surface area (Å²) in [5, 5.41) is 26.1. The van der Waals surface area contributed by atoms with Crippen LogP contribution in [0, 0.1) is 17.8 Å². The highest BCUT2D eigenvalue weighted by molar-refractivity contribution is 5.78. The van der Waals surface area contributed by atoms with Gasteiger partial charge >= 0.3 is 17.9 Å². The molecule has 18 nitrogen and oxygen atoms in total. The van der Waals surface area contributed by atoms with Gasteiger partial charge in [0.2, 0.25) is 5.91 Å². The van der Waals surface area contributed by atoms with Crippen molar-refractivity contribution in [3.8, 4) is 0 Å². The zero-order valence-electron chi connectivity index (χ0n) is 41.7. The number of esters is 3. The van der Waals surface area contributed by atoms with Crippen molar-refractivity contribution < 1.29 is 72.0 Å². The number of methoxy groups -OCH3 is 2. The van der Waals surface area contributed by atoms with Gasteiger partial charge in [0.1, 0.15) is 23.4 Å². The number of nitrogens with one attached hydrogen (secondary N) is 1. The smallest absolute Gasteiger partial charge is 0.320 e. The second kappa shape index (κ2) is 23.5. The van der Waals surface area contributed by atoms with E-state index in [0.29, 0.717) is 19.5 Å². The van der Waals surface area contributed by atoms with Crippen LogP contribution >= 0.6 is 0 Å². The summed E-state index contributed by atoms with van der Waals surface area (Å²) in [6.45, 7) is 23.8. The molecule has 3 N–H and O–H groups in total. The molecule has 3 heterocycles. The predicted octanol–water partition coefficient (Wildman–Crippen LogP) is 3.20. The summed E-state index contributed by atoms with van der Waals surface area (Å²) in [6, 6.07) is -1.26. The molecule has 372 valence electrons. The predicted molar refractivity (Wildman–Crippen MR) is 236 cm³/mol. The average molecular weight is 918 g/mol. The molecule has 0 bridgehead atoms. The maximum atomic E-state index is 14.6. The Labute approximate surface area is 381 Å². The van der Waals surface area contributed by atoms with E-state index in [0.717, 1.165) is 0 Å². The highest BCUT2D eigenvalue weighted by Crippen LogP contribution is 2.42. The third-order valence-electron chi connectivity index (χ3n) is 13.9. The van der Waals surface area contributed by atoms with Crippen molar-refractivity contribution in [2.24, 2.45) is 17.8 Å². The third kappa shape index (κ3) is 13.3. The Morgan fingerprint density at radius 1 is 0.859 bits per heavy atom. The Balaban J connectivity index is 2.25. The highest BCUT2D eigenvalue weighted by atomic mass is 16.7. The standard InChI is InChI=1S/C46H83N3O15/c1-18-33-46(13,55)38(52)29(8)47-41(53)25(4)22-44(11,56-16)39(64-43-37(60-31(10)50)32(48(14)15)21-26(5)58-43)27(6)36(28(7)42(54)61-33)63-35-23-45(12,57-17)40(30(9)59-35)62-34(51)24-49(19-2)20-3/h25-30,32-33,35-40,43,52,55H,18-24H2,1-17H3,(H,47,53)/t25-,26-,27+,28-,29-,30+,32+,33-,35+,36+,37-,38-,39-,40?,43+,44-,45-,46-/m1/s1. The summed E-state index contributed by atoms with van der Waals surface area (Å²) in [7, 11) is 6.79. The van der Waals surface area contributed by atoms with Gasteiger partial charge in [-0.25, -0.2) is 0 Å². The fourth-order valence-electron chi connectivity index (χ4n) is 9.74. The molecule has 64 heavy (non-hydrogen) atoms. The molecule has 0 saturated carbocycles. The number of cyclic esters (lactones) is 1. The minimum absolute atomic E-state index is 0.0591. The van der Waals surface area contributed by atoms with Gasteiger partial charge in [0, 0.05) is 39.4 Å². The summed E-state index contributed by atoms with van der Waals surface area (Å²) in [6.07, 6.45) is -9.04. The number of hydrogen-bond acceptors (Lipinski definition) is 17. The number of likely N-dealkylation sites (N-methyl/N-ethyl adjacent to an activating group) is 2. The number of carbonyl (C=O) groups is 4. The second-order valence-electron chi connectivity index (χ2n) is 19.2. The van der Waals surface area contributed by atoms with Crippen molar-refractivity contribution in [2.75, 3.05) is 47.9 Å². The van der Waals surface area contributed by atoms with E-state index in [1.165, 1.54) is 28.1 Å². The molecule has 3 aliphatic rings. The van der Waals surface area contributed by atoms with Crippen molar-refractivity contribution in [3.05, 3.63) is 0 Å². The fraction of sp³-hybridized carbons (Fsp3) is 0.913. The van der Waals surface area contributed by atoms with Gasteiger partial charge in [-0.3, -0.25) is 24.1 Å². The molecule has 3 saturated heterocycles. The van der Waals surface area contributed by atoms with Crippen LogP contribution in [-0.2, 0) is 61.8 Å². The Bertz CT molecular complexity index is 1530. The first-order chi connectivity index (χ1) is 29.7. The van der Waals surface area contributed by atoms with E-state index in [4.69, 9.17) is 42.6 Å². The third-order valence-corrected chi connectivity index (χ3v) is 13.9. The van der Waals surface area contributed by atoms with Gasteiger partial charge in [0.15, 0.2) is 24.8 Å². The fourth-order valence-corrected chi connectivity index (χ4v) is 9.74. The van der Waals surface area contributed by atoms with E-state index in [1.807, 2.05) is 58.5 Å². The van der Waals surface area contributed by atoms with Crippen molar-refractivity contribution in [2.45, 2.75) is 206 Å². The van der Waals surface area contributed by atoms with Crippen LogP contribution in [0.15, 0.2) is 0 Å². The Morgan fingerprint density at radius 3 is 1.98 bits per heavy atom. The number of aliphatic hydroxyl groups excluding tert-OH is 1. The van der Waals surface area contributed by atoms with Gasteiger partial charge in [-0.15, -0.1) is 0 Å². The summed E-state index contributed by atoms with van der Waals surface area (Å²) < 4.78 is 57.5. The van der Waals surface area contributed by atoms with E-state index in [1.54, 1.807) is 41.5 Å². The SMILES string of the molecule is CC[C@H]1OC(=O)[C@H](C)[C@@H](O[C@H]2C[C@@](C)(OC)C(OC(=O)CN(CC)CC)[C@H](C)O2)[C@H](C)[C@@H](O[C@@H]2O[C@H](C)C[C@H](N(C)C)[C@H]2OC(C)=O)[C@](C)(OC)C[C@@H](C)C(=O)N[C@H](C)[C@@H](O)[C@]1(C)O. The molecule has 3 rings (SSSR count). The molecular weight excluding hydrogens is 835 g/mol. The first-order valence-corrected chi connectivity index (χ1v) is 23.1. The van der Waals surface area contributed by atoms with Gasteiger partial charge in [0.05, 0.1) is 54.6 Å². The van der Waals surface area contributed by atoms with E-state index in [2.05, 4.69) is 5.32 Å². The minimum Gasteiger partial charge on any atom is -0.459 e. The number of nitrogens with zero attached hydrogens (tertiary/aromatic N) is 2. The van der Waals surface area contributed by atoms with Crippen LogP contribution in [0.1, 0.15) is 116 Å². The van der Waals surface area contributed by atoms with Gasteiger partial charge in [0.25, 0.3) is 0 Å². The first kappa shape index (κ1) is 55.8. The maximum Gasteiger partial charge on any atom is 0.320 e. The van der Waals surface area contributed by atoms with Gasteiger partial charge < -0.3 is 63.1 Å². The summed E-state index contributed by atoms with van der Waals surface area (Å²) in [5.74, 6) is -4.79. The Hall–Kier alpha value is -2.52. The number of aliphatic hydroxyl groups is 2. The largest absolute Gasteiger partial charge is 0.459 e. The van der Waals surface area contributed by atoms with E-state index in [9.17, 15) is 29.4 Å². The Morgan fingerprint density at radius 2 is 1.45 bits per heavy atom. The Kier molecular flexibility index (Phi) is 20.5. The lowest BCUT2D eigenvalue weighted by molar-refractivity contribution is -0.320. The average Bonchev–Trinajstić information content (AvgIpc) is 3.23. The lowest BCUT2D eigenvalue weighted by Crippen LogP contribution is -2.61. The van der Waals surface area contributed by atoms with E-state index >= 15 is 0 Å². The molecule has 0 radical (unpaired) electrons. The van der Waals surface area contributed by atoms with Crippen molar-refractivity contribution in [3.63, 3.8) is 0 Å². The zero-order chi connectivity index (χ0) is 48.6. The van der Waals surface area contributed by atoms with Gasteiger partial charge in [-0.2, -0.15) is 0 Å². The second-order valence-corrected chi connectivity index (χ2v) is 19.2. The molecule has 0 aromatic heterocycles. The summed E-state index contributed by atoms with van der Waals surface area (Å²) in [5.41, 5.74) is -4.42. The number of hydrogen-bond donors (Lipinski definition) is 3. The highest BCUT2D eigenvalue weighted by Gasteiger charge is 2.54. The molecule has 3 fully saturated rings. The van der Waals surface area contributed by atoms with Crippen LogP contribution in [0.4, 0.5) is 0 Å². The van der Waals surface area contributed by atoms with Crippen LogP contribution < -0.4 is 5.32 Å². The first-order valence-electron chi connectivity index (χ1n) is 23.1. The zero-order valence-corrected chi connectivity index (χ0v) is 41.7. The molecule has 18 heteroatoms. The van der Waals surface area contributed by atoms with Crippen molar-refractivity contribution >= 4 is 23.8 Å². The summed E-state index contributed by atoms with van der Waals surface area (Å²) in [4.78, 5) is 58.3. The van der Waals surface area contributed by atoms with Crippen molar-refractivity contribution in [1.82, 2.24) is 15.1 Å². The van der Waals surface area contributed by atoms with E-state index < -0.39 is 120 Å². The minimum atomic E-state index is -1.99. The monoisotopic (exact) mass is 918 g/mol. The molecule has 0 aliphatic carbocycles. The quantitative estimate of drug-likeness (QED) is 0.169. The van der Waals surface area contributed by atoms with Crippen LogP contribution in [0.2, 0.25) is 0 Å². The topological polar surface area (TPSA) is 210 Å². The number of carbonyl (C=O) groups excluding carboxylic acids is 4. The number of amides is 1. The normalized spacial score (nSPS) is 42.0. The van der Waals surface area contributed by atoms with Crippen LogP contribution in [0.5, 0.6) is 0 Å². The van der Waals surface area contributed by atoms with Gasteiger partial charge in [-0.05, 0) is 94.9 Å². The molecule has 1 unspecified atom stereocenters. The van der Waals surface area contributed by atoms with Crippen LogP contribution in [-0.4, -0.2) is 182 Å². The molecule has 1 amide bonds. The van der Waals surface area contributed by atoms with Gasteiger partial charge in [-0.1, -0.05) is 34.6 Å². The molecule has 0 spiro atoms. The lowest BCUT2D eigenvalue weighted by Gasteiger charge is -2.50. The molecule has 0 aromatic rings. The molecule has 3 aliphatic heterocycles. The molecule has 18 atom stereocenters. The van der Waals surface area contributed by atoms with E-state index in [-0.39, 0.29) is 38.0 Å². The number of ether oxygens (including phenoxy) is 9.